The monoisotopic (exact) mass is 260 g/mol. The minimum atomic E-state index is -0.495. The lowest BCUT2D eigenvalue weighted by molar-refractivity contribution is 0.451. The molecule has 2 N–H and O–H groups in total. The zero-order chi connectivity index (χ0) is 12.7. The average Bonchev–Trinajstić information content (AvgIpc) is 2.81. The molecule has 5 heteroatoms. The molecular formula is C13H8O4S. The third-order valence-corrected chi connectivity index (χ3v) is 3.33. The Balaban J connectivity index is 2.37. The van der Waals surface area contributed by atoms with Crippen LogP contribution in [-0.4, -0.2) is 10.2 Å². The third kappa shape index (κ3) is 1.65. The van der Waals surface area contributed by atoms with Gasteiger partial charge in [-0.2, -0.15) is 11.3 Å². The van der Waals surface area contributed by atoms with Crippen molar-refractivity contribution >= 4 is 22.3 Å². The zero-order valence-corrected chi connectivity index (χ0v) is 9.90. The van der Waals surface area contributed by atoms with Crippen LogP contribution in [-0.2, 0) is 0 Å². The summed E-state index contributed by atoms with van der Waals surface area (Å²) in [4.78, 5) is 11.8. The van der Waals surface area contributed by atoms with E-state index in [0.29, 0.717) is 10.9 Å². The van der Waals surface area contributed by atoms with Crippen LogP contribution in [0.3, 0.4) is 0 Å². The lowest BCUT2D eigenvalue weighted by Crippen LogP contribution is -2.01. The fourth-order valence-electron chi connectivity index (χ4n) is 1.80. The van der Waals surface area contributed by atoms with Gasteiger partial charge in [-0.1, -0.05) is 0 Å². The van der Waals surface area contributed by atoms with Crippen LogP contribution in [0.2, 0.25) is 0 Å². The first-order valence-electron chi connectivity index (χ1n) is 5.17. The van der Waals surface area contributed by atoms with Crippen LogP contribution in [0.15, 0.2) is 44.2 Å². The van der Waals surface area contributed by atoms with Gasteiger partial charge < -0.3 is 14.6 Å². The number of thiophene rings is 1. The molecule has 0 aliphatic heterocycles. The quantitative estimate of drug-likeness (QED) is 0.660. The first-order chi connectivity index (χ1) is 8.65. The van der Waals surface area contributed by atoms with Crippen molar-refractivity contribution in [1.82, 2.24) is 0 Å². The van der Waals surface area contributed by atoms with E-state index in [1.807, 2.05) is 10.8 Å². The van der Waals surface area contributed by atoms with Gasteiger partial charge in [0.05, 0.1) is 10.9 Å². The molecule has 4 nitrogen and oxygen atoms in total. The van der Waals surface area contributed by atoms with Gasteiger partial charge in [-0.3, -0.25) is 0 Å². The molecule has 0 aliphatic rings. The molecule has 2 aromatic heterocycles. The van der Waals surface area contributed by atoms with E-state index in [1.54, 1.807) is 12.1 Å². The normalized spacial score (nSPS) is 10.9. The molecular weight excluding hydrogens is 252 g/mol. The highest BCUT2D eigenvalue weighted by molar-refractivity contribution is 7.08. The smallest absolute Gasteiger partial charge is 0.344 e. The van der Waals surface area contributed by atoms with E-state index in [0.717, 1.165) is 5.56 Å². The van der Waals surface area contributed by atoms with Crippen LogP contribution in [0.5, 0.6) is 11.5 Å². The number of phenolic OH excluding ortho intramolecular Hbond substituents is 2. The Kier molecular flexibility index (Phi) is 2.34. The van der Waals surface area contributed by atoms with Crippen LogP contribution in [0.1, 0.15) is 0 Å². The summed E-state index contributed by atoms with van der Waals surface area (Å²) in [6.07, 6.45) is 0. The third-order valence-electron chi connectivity index (χ3n) is 2.65. The second kappa shape index (κ2) is 3.89. The van der Waals surface area contributed by atoms with E-state index in [1.165, 1.54) is 23.5 Å². The van der Waals surface area contributed by atoms with E-state index in [9.17, 15) is 15.0 Å². The maximum absolute atomic E-state index is 11.8. The molecule has 0 saturated heterocycles. The molecule has 0 bridgehead atoms. The Morgan fingerprint density at radius 1 is 1.17 bits per heavy atom. The number of hydrogen-bond donors (Lipinski definition) is 2. The number of benzene rings is 1. The summed E-state index contributed by atoms with van der Waals surface area (Å²) in [6, 6.07) is 5.88. The van der Waals surface area contributed by atoms with Gasteiger partial charge in [0.25, 0.3) is 0 Å². The molecule has 0 radical (unpaired) electrons. The van der Waals surface area contributed by atoms with Crippen molar-refractivity contribution in [3.63, 3.8) is 0 Å². The number of phenols is 2. The molecule has 0 unspecified atom stereocenters. The predicted octanol–water partition coefficient (Wildman–Crippen LogP) is 2.93. The van der Waals surface area contributed by atoms with Gasteiger partial charge in [0.2, 0.25) is 0 Å². The minimum Gasteiger partial charge on any atom is -0.508 e. The molecule has 2 heterocycles. The Hall–Kier alpha value is -2.27. The number of hydrogen-bond acceptors (Lipinski definition) is 5. The topological polar surface area (TPSA) is 70.7 Å². The number of fused-ring (bicyclic) bond motifs is 1. The standard InChI is InChI=1S/C13H8O4S/c14-8-3-11(15)10-5-9(7-1-2-18-6-7)13(16)17-12(10)4-8/h1-6,14-15H. The molecule has 1 aromatic carbocycles. The van der Waals surface area contributed by atoms with Crippen LogP contribution in [0.25, 0.3) is 22.1 Å². The Morgan fingerprint density at radius 3 is 2.72 bits per heavy atom. The molecule has 18 heavy (non-hydrogen) atoms. The van der Waals surface area contributed by atoms with Gasteiger partial charge >= 0.3 is 5.63 Å². The Bertz CT molecular complexity index is 772. The first kappa shape index (κ1) is 10.9. The van der Waals surface area contributed by atoms with Gasteiger partial charge in [0.15, 0.2) is 0 Å². The summed E-state index contributed by atoms with van der Waals surface area (Å²) in [7, 11) is 0. The van der Waals surface area contributed by atoms with E-state index in [4.69, 9.17) is 4.42 Å². The molecule has 90 valence electrons. The summed E-state index contributed by atoms with van der Waals surface area (Å²) in [5.74, 6) is -0.267. The van der Waals surface area contributed by atoms with E-state index >= 15 is 0 Å². The van der Waals surface area contributed by atoms with Crippen molar-refractivity contribution in [2.75, 3.05) is 0 Å². The maximum Gasteiger partial charge on any atom is 0.344 e. The molecule has 0 fully saturated rings. The van der Waals surface area contributed by atoms with E-state index in [2.05, 4.69) is 0 Å². The molecule has 3 aromatic rings. The SMILES string of the molecule is O=c1oc2cc(O)cc(O)c2cc1-c1ccsc1. The van der Waals surface area contributed by atoms with Gasteiger partial charge in [-0.25, -0.2) is 4.79 Å². The lowest BCUT2D eigenvalue weighted by atomic mass is 10.1. The van der Waals surface area contributed by atoms with Crippen molar-refractivity contribution < 1.29 is 14.6 Å². The number of rotatable bonds is 1. The molecule has 0 amide bonds. The Morgan fingerprint density at radius 2 is 2.00 bits per heavy atom. The fraction of sp³-hybridized carbons (Fsp3) is 0. The summed E-state index contributed by atoms with van der Waals surface area (Å²) in [5.41, 5.74) is 0.815. The highest BCUT2D eigenvalue weighted by Gasteiger charge is 2.11. The van der Waals surface area contributed by atoms with E-state index < -0.39 is 5.63 Å². The second-order valence-corrected chi connectivity index (χ2v) is 4.62. The predicted molar refractivity (Wildman–Crippen MR) is 69.1 cm³/mol. The molecule has 0 spiro atoms. The van der Waals surface area contributed by atoms with Gasteiger partial charge in [0.1, 0.15) is 17.1 Å². The summed E-state index contributed by atoms with van der Waals surface area (Å²) >= 11 is 1.47. The molecule has 0 saturated carbocycles. The Labute approximate surface area is 105 Å². The molecule has 0 aliphatic carbocycles. The fourth-order valence-corrected chi connectivity index (χ4v) is 2.46. The maximum atomic E-state index is 11.8. The van der Waals surface area contributed by atoms with Crippen LogP contribution in [0.4, 0.5) is 0 Å². The van der Waals surface area contributed by atoms with Crippen LogP contribution < -0.4 is 5.63 Å². The van der Waals surface area contributed by atoms with E-state index in [-0.39, 0.29) is 17.1 Å². The second-order valence-electron chi connectivity index (χ2n) is 3.84. The van der Waals surface area contributed by atoms with Crippen molar-refractivity contribution in [1.29, 1.82) is 0 Å². The highest BCUT2D eigenvalue weighted by atomic mass is 32.1. The van der Waals surface area contributed by atoms with Crippen LogP contribution in [0, 0.1) is 0 Å². The summed E-state index contributed by atoms with van der Waals surface area (Å²) in [6.45, 7) is 0. The lowest BCUT2D eigenvalue weighted by Gasteiger charge is -2.03. The zero-order valence-electron chi connectivity index (χ0n) is 9.08. The largest absolute Gasteiger partial charge is 0.508 e. The first-order valence-corrected chi connectivity index (χ1v) is 6.12. The number of aromatic hydroxyl groups is 2. The summed E-state index contributed by atoms with van der Waals surface area (Å²) < 4.78 is 5.11. The molecule has 0 atom stereocenters. The van der Waals surface area contributed by atoms with Crippen molar-refractivity contribution in [2.45, 2.75) is 0 Å². The van der Waals surface area contributed by atoms with Crippen molar-refractivity contribution in [3.8, 4) is 22.6 Å². The van der Waals surface area contributed by atoms with Crippen LogP contribution >= 0.6 is 11.3 Å². The van der Waals surface area contributed by atoms with Gasteiger partial charge in [-0.15, -0.1) is 0 Å². The van der Waals surface area contributed by atoms with Crippen molar-refractivity contribution in [3.05, 3.63) is 45.4 Å². The van der Waals surface area contributed by atoms with Gasteiger partial charge in [0, 0.05) is 12.1 Å². The van der Waals surface area contributed by atoms with Crippen molar-refractivity contribution in [2.24, 2.45) is 0 Å². The average molecular weight is 260 g/mol. The molecule has 3 rings (SSSR count). The minimum absolute atomic E-state index is 0.120. The van der Waals surface area contributed by atoms with Gasteiger partial charge in [-0.05, 0) is 28.5 Å². The summed E-state index contributed by atoms with van der Waals surface area (Å²) in [5, 5.41) is 23.2. The highest BCUT2D eigenvalue weighted by Crippen LogP contribution is 2.31.